The fourth-order valence-electron chi connectivity index (χ4n) is 1.22. The monoisotopic (exact) mass is 249 g/mol. The summed E-state index contributed by atoms with van der Waals surface area (Å²) in [4.78, 5) is 0.0845. The van der Waals surface area contributed by atoms with Crippen molar-refractivity contribution in [3.63, 3.8) is 0 Å². The molecule has 0 saturated carbocycles. The Balaban J connectivity index is 2.91. The van der Waals surface area contributed by atoms with Crippen molar-refractivity contribution in [2.45, 2.75) is 24.3 Å². The average Bonchev–Trinajstić information content (AvgIpc) is 2.28. The van der Waals surface area contributed by atoms with E-state index in [0.717, 1.165) is 0 Å². The van der Waals surface area contributed by atoms with E-state index in [1.807, 2.05) is 12.1 Å². The minimum absolute atomic E-state index is 0.0845. The second kappa shape index (κ2) is 5.44. The van der Waals surface area contributed by atoms with Crippen molar-refractivity contribution in [1.29, 1.82) is 10.5 Å². The molecule has 0 spiro atoms. The summed E-state index contributed by atoms with van der Waals surface area (Å²) < 4.78 is 26.0. The van der Waals surface area contributed by atoms with Gasteiger partial charge < -0.3 is 0 Å². The summed E-state index contributed by atoms with van der Waals surface area (Å²) in [6.07, 6.45) is 0.107. The van der Waals surface area contributed by atoms with Gasteiger partial charge in [-0.15, -0.1) is 0 Å². The summed E-state index contributed by atoms with van der Waals surface area (Å²) >= 11 is 0. The van der Waals surface area contributed by atoms with E-state index in [4.69, 9.17) is 10.5 Å². The Kier molecular flexibility index (Phi) is 4.22. The van der Waals surface area contributed by atoms with Crippen LogP contribution in [0.4, 0.5) is 0 Å². The normalized spacial score (nSPS) is 12.4. The van der Waals surface area contributed by atoms with Gasteiger partial charge in [-0.2, -0.15) is 10.5 Å². The summed E-state index contributed by atoms with van der Waals surface area (Å²) in [6, 6.07) is 8.94. The molecule has 1 N–H and O–H groups in total. The molecule has 6 heteroatoms. The molecule has 1 aromatic carbocycles. The lowest BCUT2D eigenvalue weighted by Crippen LogP contribution is -2.32. The van der Waals surface area contributed by atoms with Gasteiger partial charge in [-0.1, -0.05) is 0 Å². The number of nitrogens with zero attached hydrogens (tertiary/aromatic N) is 2. The molecule has 88 valence electrons. The molecule has 0 aliphatic heterocycles. The molecule has 1 aromatic rings. The Morgan fingerprint density at radius 1 is 1.29 bits per heavy atom. The van der Waals surface area contributed by atoms with Crippen LogP contribution < -0.4 is 4.72 Å². The van der Waals surface area contributed by atoms with E-state index in [-0.39, 0.29) is 11.3 Å². The van der Waals surface area contributed by atoms with Gasteiger partial charge in [-0.05, 0) is 31.2 Å². The van der Waals surface area contributed by atoms with Gasteiger partial charge in [-0.3, -0.25) is 0 Å². The second-order valence-electron chi connectivity index (χ2n) is 3.52. The van der Waals surface area contributed by atoms with E-state index in [9.17, 15) is 8.42 Å². The molecular formula is C11H11N3O2S. The Labute approximate surface area is 100 Å². The van der Waals surface area contributed by atoms with E-state index in [2.05, 4.69) is 4.72 Å². The molecule has 0 radical (unpaired) electrons. The minimum Gasteiger partial charge on any atom is -0.207 e. The van der Waals surface area contributed by atoms with Crippen LogP contribution in [0.2, 0.25) is 0 Å². The van der Waals surface area contributed by atoms with Gasteiger partial charge in [0.25, 0.3) is 0 Å². The molecule has 0 heterocycles. The number of hydrogen-bond donors (Lipinski definition) is 1. The highest BCUT2D eigenvalue weighted by atomic mass is 32.2. The Morgan fingerprint density at radius 3 is 2.35 bits per heavy atom. The molecule has 1 unspecified atom stereocenters. The molecule has 0 fully saturated rings. The van der Waals surface area contributed by atoms with Gasteiger partial charge in [0.1, 0.15) is 0 Å². The fourth-order valence-corrected chi connectivity index (χ4v) is 2.46. The molecule has 5 nitrogen and oxygen atoms in total. The van der Waals surface area contributed by atoms with Crippen LogP contribution in [0.15, 0.2) is 29.2 Å². The van der Waals surface area contributed by atoms with Gasteiger partial charge in [0.2, 0.25) is 10.0 Å². The van der Waals surface area contributed by atoms with Crippen LogP contribution in [0, 0.1) is 22.7 Å². The van der Waals surface area contributed by atoms with E-state index in [1.54, 1.807) is 6.92 Å². The summed E-state index contributed by atoms with van der Waals surface area (Å²) in [7, 11) is -3.62. The molecule has 0 aromatic heterocycles. The summed E-state index contributed by atoms with van der Waals surface area (Å²) in [5.74, 6) is 0. The highest BCUT2D eigenvalue weighted by molar-refractivity contribution is 7.89. The van der Waals surface area contributed by atoms with E-state index in [1.165, 1.54) is 24.3 Å². The van der Waals surface area contributed by atoms with Gasteiger partial charge in [0.05, 0.1) is 29.0 Å². The number of nitrogens with one attached hydrogen (secondary N) is 1. The first-order chi connectivity index (χ1) is 7.99. The molecule has 17 heavy (non-hydrogen) atoms. The maximum atomic E-state index is 11.8. The Morgan fingerprint density at radius 2 is 1.88 bits per heavy atom. The van der Waals surface area contributed by atoms with Gasteiger partial charge in [0.15, 0.2) is 0 Å². The maximum absolute atomic E-state index is 11.8. The molecule has 0 bridgehead atoms. The van der Waals surface area contributed by atoms with Crippen LogP contribution in [0.1, 0.15) is 18.9 Å². The first kappa shape index (κ1) is 13.2. The number of sulfonamides is 1. The average molecular weight is 249 g/mol. The molecular weight excluding hydrogens is 238 g/mol. The maximum Gasteiger partial charge on any atom is 0.240 e. The van der Waals surface area contributed by atoms with Crippen LogP contribution in [-0.4, -0.2) is 14.5 Å². The number of hydrogen-bond acceptors (Lipinski definition) is 4. The molecule has 0 saturated heterocycles. The van der Waals surface area contributed by atoms with E-state index < -0.39 is 16.1 Å². The van der Waals surface area contributed by atoms with Crippen molar-refractivity contribution in [2.24, 2.45) is 0 Å². The highest BCUT2D eigenvalue weighted by Crippen LogP contribution is 2.10. The zero-order valence-corrected chi connectivity index (χ0v) is 10.0. The predicted molar refractivity (Wildman–Crippen MR) is 61.2 cm³/mol. The molecule has 0 amide bonds. The fraction of sp³-hybridized carbons (Fsp3) is 0.273. The lowest BCUT2D eigenvalue weighted by atomic mass is 10.2. The first-order valence-electron chi connectivity index (χ1n) is 4.89. The lowest BCUT2D eigenvalue weighted by molar-refractivity contribution is 0.563. The SMILES string of the molecule is CC(CC#N)NS(=O)(=O)c1ccc(C#N)cc1. The second-order valence-corrected chi connectivity index (χ2v) is 5.23. The van der Waals surface area contributed by atoms with Crippen molar-refractivity contribution in [3.8, 4) is 12.1 Å². The van der Waals surface area contributed by atoms with Crippen LogP contribution in [0.25, 0.3) is 0 Å². The quantitative estimate of drug-likeness (QED) is 0.865. The largest absolute Gasteiger partial charge is 0.240 e. The van der Waals surface area contributed by atoms with Gasteiger partial charge in [-0.25, -0.2) is 13.1 Å². The summed E-state index contributed by atoms with van der Waals surface area (Å²) in [5.41, 5.74) is 0.397. The van der Waals surface area contributed by atoms with Crippen molar-refractivity contribution in [2.75, 3.05) is 0 Å². The van der Waals surface area contributed by atoms with Crippen molar-refractivity contribution < 1.29 is 8.42 Å². The lowest BCUT2D eigenvalue weighted by Gasteiger charge is -2.10. The van der Waals surface area contributed by atoms with Crippen LogP contribution in [0.5, 0.6) is 0 Å². The van der Waals surface area contributed by atoms with Gasteiger partial charge >= 0.3 is 0 Å². The highest BCUT2D eigenvalue weighted by Gasteiger charge is 2.16. The Bertz CT molecular complexity index is 564. The zero-order chi connectivity index (χ0) is 12.9. The van der Waals surface area contributed by atoms with Crippen LogP contribution in [-0.2, 0) is 10.0 Å². The van der Waals surface area contributed by atoms with Crippen LogP contribution >= 0.6 is 0 Å². The molecule has 0 aliphatic rings. The molecule has 0 aliphatic carbocycles. The van der Waals surface area contributed by atoms with E-state index >= 15 is 0 Å². The topological polar surface area (TPSA) is 93.8 Å². The third kappa shape index (κ3) is 3.56. The smallest absolute Gasteiger partial charge is 0.207 e. The van der Waals surface area contributed by atoms with Crippen LogP contribution in [0.3, 0.4) is 0 Å². The van der Waals surface area contributed by atoms with Crippen molar-refractivity contribution in [1.82, 2.24) is 4.72 Å². The minimum atomic E-state index is -3.62. The van der Waals surface area contributed by atoms with E-state index in [0.29, 0.717) is 5.56 Å². The third-order valence-electron chi connectivity index (χ3n) is 2.05. The first-order valence-corrected chi connectivity index (χ1v) is 6.37. The number of rotatable bonds is 4. The number of benzene rings is 1. The summed E-state index contributed by atoms with van der Waals surface area (Å²) in [6.45, 7) is 1.62. The standard InChI is InChI=1S/C11H11N3O2S/c1-9(6-7-12)14-17(15,16)11-4-2-10(8-13)3-5-11/h2-5,9,14H,6H2,1H3. The number of nitriles is 2. The van der Waals surface area contributed by atoms with Crippen molar-refractivity contribution >= 4 is 10.0 Å². The van der Waals surface area contributed by atoms with Crippen molar-refractivity contribution in [3.05, 3.63) is 29.8 Å². The van der Waals surface area contributed by atoms with Gasteiger partial charge in [0, 0.05) is 6.04 Å². The summed E-state index contributed by atoms with van der Waals surface area (Å²) in [5, 5.41) is 17.0. The molecule has 1 rings (SSSR count). The Hall–Kier alpha value is -1.89. The molecule has 1 atom stereocenters. The predicted octanol–water partition coefficient (Wildman–Crippen LogP) is 1.14. The zero-order valence-electron chi connectivity index (χ0n) is 9.21. The third-order valence-corrected chi connectivity index (χ3v) is 3.65.